The van der Waals surface area contributed by atoms with Crippen LogP contribution in [-0.2, 0) is 19.6 Å². The number of benzene rings is 1. The van der Waals surface area contributed by atoms with Crippen LogP contribution in [0.3, 0.4) is 0 Å². The summed E-state index contributed by atoms with van der Waals surface area (Å²) >= 11 is 0. The molecule has 2 rings (SSSR count). The predicted molar refractivity (Wildman–Crippen MR) is 107 cm³/mol. The maximum absolute atomic E-state index is 12.9. The van der Waals surface area contributed by atoms with Crippen molar-refractivity contribution >= 4 is 21.9 Å². The number of hydrogen-bond acceptors (Lipinski definition) is 5. The molecule has 0 aliphatic carbocycles. The van der Waals surface area contributed by atoms with Gasteiger partial charge >= 0.3 is 5.97 Å². The standard InChI is InChI=1S/C20H30N2O5S/c1-3-4-6-11-21-19(23)15-27-20(24)17-10-9-16(2)18(14-17)28(25,26)22-12-7-5-8-13-22/h9-10,14H,3-8,11-13,15H2,1-2H3,(H,21,23). The molecule has 0 radical (unpaired) electrons. The van der Waals surface area contributed by atoms with E-state index in [9.17, 15) is 18.0 Å². The first-order chi connectivity index (χ1) is 13.4. The summed E-state index contributed by atoms with van der Waals surface area (Å²) in [6.07, 6.45) is 5.67. The van der Waals surface area contributed by atoms with Crippen molar-refractivity contribution in [3.63, 3.8) is 0 Å². The van der Waals surface area contributed by atoms with Gasteiger partial charge in [0.2, 0.25) is 10.0 Å². The number of amides is 1. The number of aryl methyl sites for hydroxylation is 1. The highest BCUT2D eigenvalue weighted by molar-refractivity contribution is 7.89. The van der Waals surface area contributed by atoms with E-state index in [1.165, 1.54) is 16.4 Å². The molecule has 1 amide bonds. The average Bonchev–Trinajstić information content (AvgIpc) is 2.70. The van der Waals surface area contributed by atoms with E-state index in [1.54, 1.807) is 13.0 Å². The van der Waals surface area contributed by atoms with Crippen LogP contribution in [0.1, 0.15) is 61.4 Å². The van der Waals surface area contributed by atoms with Gasteiger partial charge < -0.3 is 10.1 Å². The molecule has 1 aliphatic heterocycles. The highest BCUT2D eigenvalue weighted by Crippen LogP contribution is 2.24. The molecule has 1 aliphatic rings. The Morgan fingerprint density at radius 2 is 1.86 bits per heavy atom. The Morgan fingerprint density at radius 3 is 2.54 bits per heavy atom. The summed E-state index contributed by atoms with van der Waals surface area (Å²) in [6, 6.07) is 4.46. The van der Waals surface area contributed by atoms with Gasteiger partial charge in [-0.15, -0.1) is 0 Å². The highest BCUT2D eigenvalue weighted by Gasteiger charge is 2.28. The smallest absolute Gasteiger partial charge is 0.338 e. The van der Waals surface area contributed by atoms with E-state index < -0.39 is 16.0 Å². The zero-order valence-corrected chi connectivity index (χ0v) is 17.5. The number of sulfonamides is 1. The van der Waals surface area contributed by atoms with Crippen LogP contribution in [0.15, 0.2) is 23.1 Å². The van der Waals surface area contributed by atoms with Crippen LogP contribution in [0.4, 0.5) is 0 Å². The van der Waals surface area contributed by atoms with Crippen LogP contribution in [0.5, 0.6) is 0 Å². The van der Waals surface area contributed by atoms with Crippen LogP contribution in [0.2, 0.25) is 0 Å². The molecule has 1 saturated heterocycles. The number of carbonyl (C=O) groups excluding carboxylic acids is 2. The topological polar surface area (TPSA) is 92.8 Å². The van der Waals surface area contributed by atoms with Crippen LogP contribution < -0.4 is 5.32 Å². The maximum atomic E-state index is 12.9. The Bertz CT molecular complexity index is 786. The van der Waals surface area contributed by atoms with E-state index in [-0.39, 0.29) is 23.0 Å². The molecule has 0 unspecified atom stereocenters. The first kappa shape index (κ1) is 22.4. The molecule has 1 aromatic carbocycles. The van der Waals surface area contributed by atoms with Crippen molar-refractivity contribution in [2.75, 3.05) is 26.2 Å². The average molecular weight is 411 g/mol. The number of piperidine rings is 1. The second kappa shape index (κ2) is 10.6. The lowest BCUT2D eigenvalue weighted by molar-refractivity contribution is -0.124. The Labute approximate surface area is 167 Å². The molecule has 28 heavy (non-hydrogen) atoms. The fraction of sp³-hybridized carbons (Fsp3) is 0.600. The minimum absolute atomic E-state index is 0.118. The third kappa shape index (κ3) is 6.04. The molecular formula is C20H30N2O5S. The second-order valence-electron chi connectivity index (χ2n) is 7.08. The van der Waals surface area contributed by atoms with Gasteiger partial charge in [0.05, 0.1) is 10.5 Å². The van der Waals surface area contributed by atoms with Gasteiger partial charge in [-0.3, -0.25) is 4.79 Å². The summed E-state index contributed by atoms with van der Waals surface area (Å²) in [4.78, 5) is 24.1. The number of carbonyl (C=O) groups is 2. The summed E-state index contributed by atoms with van der Waals surface area (Å²) in [6.45, 7) is 4.93. The first-order valence-electron chi connectivity index (χ1n) is 9.91. The van der Waals surface area contributed by atoms with Crippen LogP contribution in [0, 0.1) is 6.92 Å². The number of nitrogens with one attached hydrogen (secondary N) is 1. The Morgan fingerprint density at radius 1 is 1.14 bits per heavy atom. The SMILES string of the molecule is CCCCCNC(=O)COC(=O)c1ccc(C)c(S(=O)(=O)N2CCCCC2)c1. The quantitative estimate of drug-likeness (QED) is 0.499. The zero-order valence-electron chi connectivity index (χ0n) is 16.7. The van der Waals surface area contributed by atoms with Crippen LogP contribution in [0.25, 0.3) is 0 Å². The molecule has 0 saturated carbocycles. The number of esters is 1. The van der Waals surface area contributed by atoms with E-state index in [4.69, 9.17) is 4.74 Å². The lowest BCUT2D eigenvalue weighted by atomic mass is 10.1. The van der Waals surface area contributed by atoms with Crippen molar-refractivity contribution in [3.8, 4) is 0 Å². The van der Waals surface area contributed by atoms with E-state index in [1.807, 2.05) is 0 Å². The summed E-state index contributed by atoms with van der Waals surface area (Å²) in [5.41, 5.74) is 0.704. The van der Waals surface area contributed by atoms with Crippen molar-refractivity contribution in [2.24, 2.45) is 0 Å². The van der Waals surface area contributed by atoms with E-state index in [0.29, 0.717) is 25.2 Å². The molecule has 7 nitrogen and oxygen atoms in total. The second-order valence-corrected chi connectivity index (χ2v) is 8.98. The molecule has 0 bridgehead atoms. The monoisotopic (exact) mass is 410 g/mol. The molecule has 0 atom stereocenters. The van der Waals surface area contributed by atoms with Crippen LogP contribution in [-0.4, -0.2) is 50.8 Å². The highest BCUT2D eigenvalue weighted by atomic mass is 32.2. The number of unbranched alkanes of at least 4 members (excludes halogenated alkanes) is 2. The summed E-state index contributed by atoms with van der Waals surface area (Å²) < 4.78 is 32.4. The van der Waals surface area contributed by atoms with Crippen molar-refractivity contribution in [2.45, 2.75) is 57.3 Å². The van der Waals surface area contributed by atoms with Crippen molar-refractivity contribution in [3.05, 3.63) is 29.3 Å². The fourth-order valence-corrected chi connectivity index (χ4v) is 4.89. The maximum Gasteiger partial charge on any atom is 0.338 e. The van der Waals surface area contributed by atoms with Gasteiger partial charge in [0.25, 0.3) is 5.91 Å². The van der Waals surface area contributed by atoms with Crippen molar-refractivity contribution in [1.82, 2.24) is 9.62 Å². The summed E-state index contributed by atoms with van der Waals surface area (Å²) in [5, 5.41) is 2.69. The molecule has 1 N–H and O–H groups in total. The lowest BCUT2D eigenvalue weighted by Gasteiger charge is -2.26. The predicted octanol–water partition coefficient (Wildman–Crippen LogP) is 2.63. The normalized spacial score (nSPS) is 15.2. The molecular weight excluding hydrogens is 380 g/mol. The molecule has 0 aromatic heterocycles. The Kier molecular flexibility index (Phi) is 8.44. The van der Waals surface area contributed by atoms with Crippen LogP contribution >= 0.6 is 0 Å². The Hall–Kier alpha value is -1.93. The fourth-order valence-electron chi connectivity index (χ4n) is 3.12. The van der Waals surface area contributed by atoms with E-state index >= 15 is 0 Å². The molecule has 1 fully saturated rings. The summed E-state index contributed by atoms with van der Waals surface area (Å²) in [5.74, 6) is -1.07. The summed E-state index contributed by atoms with van der Waals surface area (Å²) in [7, 11) is -3.65. The number of nitrogens with zero attached hydrogens (tertiary/aromatic N) is 1. The largest absolute Gasteiger partial charge is 0.452 e. The number of ether oxygens (including phenoxy) is 1. The van der Waals surface area contributed by atoms with Gasteiger partial charge in [-0.05, 0) is 43.9 Å². The van der Waals surface area contributed by atoms with E-state index in [2.05, 4.69) is 12.2 Å². The van der Waals surface area contributed by atoms with Crippen molar-refractivity contribution < 1.29 is 22.7 Å². The van der Waals surface area contributed by atoms with Gasteiger partial charge in [0.15, 0.2) is 6.61 Å². The Balaban J connectivity index is 2.01. The third-order valence-corrected chi connectivity index (χ3v) is 6.83. The number of hydrogen-bond donors (Lipinski definition) is 1. The molecule has 8 heteroatoms. The van der Waals surface area contributed by atoms with Gasteiger partial charge in [-0.25, -0.2) is 13.2 Å². The van der Waals surface area contributed by atoms with E-state index in [0.717, 1.165) is 38.5 Å². The molecule has 0 spiro atoms. The van der Waals surface area contributed by atoms with Gasteiger partial charge in [-0.2, -0.15) is 4.31 Å². The first-order valence-corrected chi connectivity index (χ1v) is 11.3. The minimum atomic E-state index is -3.65. The van der Waals surface area contributed by atoms with Gasteiger partial charge in [0.1, 0.15) is 0 Å². The third-order valence-electron chi connectivity index (χ3n) is 4.79. The molecule has 1 heterocycles. The zero-order chi connectivity index (χ0) is 20.6. The molecule has 1 aromatic rings. The van der Waals surface area contributed by atoms with Gasteiger partial charge in [0, 0.05) is 19.6 Å². The molecule has 156 valence electrons. The lowest BCUT2D eigenvalue weighted by Crippen LogP contribution is -2.36. The van der Waals surface area contributed by atoms with Crippen molar-refractivity contribution in [1.29, 1.82) is 0 Å². The number of rotatable bonds is 9. The van der Waals surface area contributed by atoms with Gasteiger partial charge in [-0.1, -0.05) is 32.3 Å². The minimum Gasteiger partial charge on any atom is -0.452 e.